The zero-order valence-corrected chi connectivity index (χ0v) is 14.4. The van der Waals surface area contributed by atoms with Gasteiger partial charge in [-0.15, -0.1) is 0 Å². The Labute approximate surface area is 140 Å². The first-order valence-corrected chi connectivity index (χ1v) is 7.84. The van der Waals surface area contributed by atoms with E-state index in [4.69, 9.17) is 14.2 Å². The van der Waals surface area contributed by atoms with Crippen molar-refractivity contribution in [2.24, 2.45) is 5.92 Å². The van der Waals surface area contributed by atoms with E-state index in [1.54, 1.807) is 13.8 Å². The quantitative estimate of drug-likeness (QED) is 0.709. The van der Waals surface area contributed by atoms with Crippen molar-refractivity contribution in [3.05, 3.63) is 0 Å². The number of hydrogen-bond acceptors (Lipinski definition) is 7. The largest absolute Gasteiger partial charge is 0.467 e. The van der Waals surface area contributed by atoms with E-state index in [0.717, 1.165) is 0 Å². The van der Waals surface area contributed by atoms with Crippen molar-refractivity contribution in [2.45, 2.75) is 38.1 Å². The zero-order chi connectivity index (χ0) is 17.9. The summed E-state index contributed by atoms with van der Waals surface area (Å²) in [7, 11) is 2.48. The van der Waals surface area contributed by atoms with Crippen LogP contribution in [0.2, 0.25) is 0 Å². The zero-order valence-electron chi connectivity index (χ0n) is 14.4. The number of methoxy groups -OCH3 is 2. The van der Waals surface area contributed by atoms with Crippen LogP contribution in [-0.4, -0.2) is 74.7 Å². The second kappa shape index (κ2) is 7.35. The molecule has 0 aromatic rings. The molecule has 24 heavy (non-hydrogen) atoms. The smallest absolute Gasteiger partial charge is 0.407 e. The number of rotatable bonds is 4. The molecule has 2 amide bonds. The number of ether oxygens (including phenoxy) is 4. The van der Waals surface area contributed by atoms with Gasteiger partial charge in [0.1, 0.15) is 12.1 Å². The molecule has 1 unspecified atom stereocenters. The second-order valence-electron chi connectivity index (χ2n) is 6.17. The lowest BCUT2D eigenvalue weighted by molar-refractivity contribution is -0.153. The van der Waals surface area contributed by atoms with E-state index in [2.05, 4.69) is 10.1 Å². The summed E-state index contributed by atoms with van der Waals surface area (Å²) in [6.45, 7) is 4.51. The molecule has 0 saturated carbocycles. The maximum atomic E-state index is 12.9. The number of nitrogens with zero attached hydrogens (tertiary/aromatic N) is 1. The van der Waals surface area contributed by atoms with Crippen LogP contribution in [0.3, 0.4) is 0 Å². The molecule has 2 heterocycles. The van der Waals surface area contributed by atoms with E-state index in [1.165, 1.54) is 19.1 Å². The molecule has 2 saturated heterocycles. The van der Waals surface area contributed by atoms with Gasteiger partial charge in [0, 0.05) is 6.42 Å². The van der Waals surface area contributed by atoms with Gasteiger partial charge in [-0.2, -0.15) is 0 Å². The molecule has 9 heteroatoms. The summed E-state index contributed by atoms with van der Waals surface area (Å²) in [4.78, 5) is 37.9. The highest BCUT2D eigenvalue weighted by atomic mass is 16.7. The molecule has 2 atom stereocenters. The van der Waals surface area contributed by atoms with Crippen molar-refractivity contribution in [1.29, 1.82) is 0 Å². The SMILES string of the molecule is COC(=O)N[C@H](C(=O)N1CC2(CC1C(=O)OC)OCCO2)C(C)C. The highest BCUT2D eigenvalue weighted by Crippen LogP contribution is 2.35. The molecular formula is C15H24N2O7. The van der Waals surface area contributed by atoms with Crippen LogP contribution in [0, 0.1) is 5.92 Å². The Morgan fingerprint density at radius 3 is 2.29 bits per heavy atom. The lowest BCUT2D eigenvalue weighted by atomic mass is 10.0. The summed E-state index contributed by atoms with van der Waals surface area (Å²) < 4.78 is 20.6. The predicted octanol–water partition coefficient (Wildman–Crippen LogP) is -0.116. The highest BCUT2D eigenvalue weighted by molar-refractivity contribution is 5.90. The van der Waals surface area contributed by atoms with Crippen molar-refractivity contribution in [1.82, 2.24) is 10.2 Å². The van der Waals surface area contributed by atoms with Gasteiger partial charge in [-0.25, -0.2) is 9.59 Å². The molecule has 1 spiro atoms. The van der Waals surface area contributed by atoms with Gasteiger partial charge in [0.05, 0.1) is 34.0 Å². The lowest BCUT2D eigenvalue weighted by Gasteiger charge is -2.29. The summed E-state index contributed by atoms with van der Waals surface area (Å²) in [5.74, 6) is -2.13. The number of carbonyl (C=O) groups excluding carboxylic acids is 3. The number of alkyl carbamates (subject to hydrolysis) is 1. The van der Waals surface area contributed by atoms with E-state index in [9.17, 15) is 14.4 Å². The van der Waals surface area contributed by atoms with Gasteiger partial charge in [-0.1, -0.05) is 13.8 Å². The Balaban J connectivity index is 2.22. The fourth-order valence-corrected chi connectivity index (χ4v) is 3.00. The fraction of sp³-hybridized carbons (Fsp3) is 0.800. The maximum absolute atomic E-state index is 12.9. The Bertz CT molecular complexity index is 502. The molecule has 2 fully saturated rings. The van der Waals surface area contributed by atoms with Gasteiger partial charge in [0.2, 0.25) is 5.91 Å². The predicted molar refractivity (Wildman–Crippen MR) is 80.9 cm³/mol. The topological polar surface area (TPSA) is 103 Å². The van der Waals surface area contributed by atoms with Crippen LogP contribution < -0.4 is 5.32 Å². The van der Waals surface area contributed by atoms with Gasteiger partial charge in [-0.3, -0.25) is 4.79 Å². The minimum Gasteiger partial charge on any atom is -0.467 e. The molecule has 2 rings (SSSR count). The monoisotopic (exact) mass is 344 g/mol. The number of amides is 2. The number of esters is 1. The van der Waals surface area contributed by atoms with Gasteiger partial charge >= 0.3 is 12.1 Å². The van der Waals surface area contributed by atoms with Crippen LogP contribution in [0.15, 0.2) is 0 Å². The standard InChI is InChI=1S/C15H24N2O7/c1-9(2)11(16-14(20)22-4)12(18)17-8-15(23-5-6-24-15)7-10(17)13(19)21-3/h9-11H,5-8H2,1-4H3,(H,16,20)/t10?,11-/m0/s1. The highest BCUT2D eigenvalue weighted by Gasteiger charge is 2.54. The Hall–Kier alpha value is -1.87. The van der Waals surface area contributed by atoms with Gasteiger partial charge in [0.25, 0.3) is 0 Å². The van der Waals surface area contributed by atoms with Crippen LogP contribution in [0.1, 0.15) is 20.3 Å². The van der Waals surface area contributed by atoms with Gasteiger partial charge < -0.3 is 29.2 Å². The molecule has 0 aliphatic carbocycles. The van der Waals surface area contributed by atoms with Crippen molar-refractivity contribution in [3.63, 3.8) is 0 Å². The minimum atomic E-state index is -0.985. The molecule has 0 aromatic heterocycles. The fourth-order valence-electron chi connectivity index (χ4n) is 3.00. The van der Waals surface area contributed by atoms with Crippen LogP contribution in [0.25, 0.3) is 0 Å². The second-order valence-corrected chi connectivity index (χ2v) is 6.17. The number of carbonyl (C=O) groups is 3. The average molecular weight is 344 g/mol. The minimum absolute atomic E-state index is 0.109. The molecule has 136 valence electrons. The summed E-state index contributed by atoms with van der Waals surface area (Å²) >= 11 is 0. The summed E-state index contributed by atoms with van der Waals surface area (Å²) in [6.07, 6.45) is -0.506. The lowest BCUT2D eigenvalue weighted by Crippen LogP contribution is -2.54. The van der Waals surface area contributed by atoms with Gasteiger partial charge in [0.15, 0.2) is 5.79 Å². The third-order valence-corrected chi connectivity index (χ3v) is 4.25. The van der Waals surface area contributed by atoms with E-state index < -0.39 is 35.8 Å². The van der Waals surface area contributed by atoms with Crippen LogP contribution in [0.4, 0.5) is 4.79 Å². The van der Waals surface area contributed by atoms with Crippen molar-refractivity contribution < 1.29 is 33.3 Å². The van der Waals surface area contributed by atoms with Crippen LogP contribution in [0.5, 0.6) is 0 Å². The van der Waals surface area contributed by atoms with Crippen LogP contribution >= 0.6 is 0 Å². The summed E-state index contributed by atoms with van der Waals surface area (Å²) in [5, 5.41) is 2.51. The number of hydrogen-bond donors (Lipinski definition) is 1. The Morgan fingerprint density at radius 1 is 1.17 bits per heavy atom. The van der Waals surface area contributed by atoms with E-state index in [0.29, 0.717) is 13.2 Å². The first kappa shape index (κ1) is 18.5. The maximum Gasteiger partial charge on any atom is 0.407 e. The van der Waals surface area contributed by atoms with Crippen molar-refractivity contribution in [3.8, 4) is 0 Å². The normalized spacial score (nSPS) is 23.4. The molecule has 9 nitrogen and oxygen atoms in total. The molecule has 0 aromatic carbocycles. The van der Waals surface area contributed by atoms with E-state index in [1.807, 2.05) is 0 Å². The molecular weight excluding hydrogens is 320 g/mol. The van der Waals surface area contributed by atoms with Crippen molar-refractivity contribution in [2.75, 3.05) is 34.0 Å². The number of nitrogens with one attached hydrogen (secondary N) is 1. The molecule has 2 aliphatic rings. The average Bonchev–Trinajstić information content (AvgIpc) is 3.18. The third-order valence-electron chi connectivity index (χ3n) is 4.25. The third kappa shape index (κ3) is 3.62. The summed E-state index contributed by atoms with van der Waals surface area (Å²) in [5.41, 5.74) is 0. The Kier molecular flexibility index (Phi) is 5.66. The first-order valence-electron chi connectivity index (χ1n) is 7.84. The van der Waals surface area contributed by atoms with Gasteiger partial charge in [-0.05, 0) is 5.92 Å². The number of likely N-dealkylation sites (tertiary alicyclic amines) is 1. The van der Waals surface area contributed by atoms with E-state index >= 15 is 0 Å². The van der Waals surface area contributed by atoms with Crippen LogP contribution in [-0.2, 0) is 28.5 Å². The Morgan fingerprint density at radius 2 is 1.79 bits per heavy atom. The first-order chi connectivity index (χ1) is 11.3. The van der Waals surface area contributed by atoms with E-state index in [-0.39, 0.29) is 18.9 Å². The summed E-state index contributed by atoms with van der Waals surface area (Å²) in [6, 6.07) is -1.65. The molecule has 2 aliphatic heterocycles. The molecule has 0 radical (unpaired) electrons. The molecule has 1 N–H and O–H groups in total. The molecule has 0 bridgehead atoms. The van der Waals surface area contributed by atoms with Crippen molar-refractivity contribution >= 4 is 18.0 Å².